The van der Waals surface area contributed by atoms with Crippen molar-refractivity contribution in [3.05, 3.63) is 42.1 Å². The van der Waals surface area contributed by atoms with Crippen LogP contribution >= 0.6 is 0 Å². The van der Waals surface area contributed by atoms with Crippen LogP contribution in [0.2, 0.25) is 0 Å². The number of hydrogen-bond donors (Lipinski definition) is 1. The molecule has 1 N–H and O–H groups in total. The zero-order valence-corrected chi connectivity index (χ0v) is 19.7. The van der Waals surface area contributed by atoms with E-state index in [9.17, 15) is 9.59 Å². The lowest BCUT2D eigenvalue weighted by molar-refractivity contribution is -0.119. The van der Waals surface area contributed by atoms with Crippen LogP contribution in [0, 0.1) is 0 Å². The third kappa shape index (κ3) is 4.33. The van der Waals surface area contributed by atoms with Crippen molar-refractivity contribution in [2.75, 3.05) is 61.7 Å². The number of nitrogens with zero attached hydrogens (tertiary/aromatic N) is 4. The Bertz CT molecular complexity index is 1070. The largest absolute Gasteiger partial charge is 0.381 e. The van der Waals surface area contributed by atoms with Gasteiger partial charge in [-0.1, -0.05) is 6.07 Å². The van der Waals surface area contributed by atoms with Gasteiger partial charge in [-0.2, -0.15) is 0 Å². The van der Waals surface area contributed by atoms with Gasteiger partial charge in [0.15, 0.2) is 0 Å². The third-order valence-corrected chi connectivity index (χ3v) is 6.87. The number of carbonyl (C=O) groups is 2. The van der Waals surface area contributed by atoms with E-state index in [4.69, 9.17) is 9.47 Å². The number of anilines is 4. The molecule has 5 rings (SSSR count). The summed E-state index contributed by atoms with van der Waals surface area (Å²) in [6.45, 7) is 5.72. The monoisotopic (exact) mass is 465 g/mol. The highest BCUT2D eigenvalue weighted by Crippen LogP contribution is 2.39. The summed E-state index contributed by atoms with van der Waals surface area (Å²) >= 11 is 0. The number of nitrogens with one attached hydrogen (secondary N) is 1. The van der Waals surface area contributed by atoms with Gasteiger partial charge in [-0.15, -0.1) is 0 Å². The van der Waals surface area contributed by atoms with E-state index < -0.39 is 0 Å². The molecule has 9 heteroatoms. The first-order chi connectivity index (χ1) is 16.5. The summed E-state index contributed by atoms with van der Waals surface area (Å²) in [6.07, 6.45) is 3.52. The van der Waals surface area contributed by atoms with Crippen molar-refractivity contribution in [2.45, 2.75) is 31.8 Å². The summed E-state index contributed by atoms with van der Waals surface area (Å²) in [6, 6.07) is 9.46. The van der Waals surface area contributed by atoms with Gasteiger partial charge in [0, 0.05) is 56.7 Å². The van der Waals surface area contributed by atoms with Crippen LogP contribution < -0.4 is 15.1 Å². The standard InChI is InChI=1S/C25H31N5O4/c1-17-24(31)28(2)22-16-26-23(15-21(22)30(17)20-6-10-33-11-7-20)27-19-5-3-4-18(14-19)25(32)29-8-12-34-13-9-29/h3-5,14-17,20H,6-13H2,1-2H3,(H,26,27). The van der Waals surface area contributed by atoms with Gasteiger partial charge < -0.3 is 29.5 Å². The van der Waals surface area contributed by atoms with E-state index in [1.54, 1.807) is 18.1 Å². The minimum Gasteiger partial charge on any atom is -0.381 e. The highest BCUT2D eigenvalue weighted by molar-refractivity contribution is 6.05. The Kier molecular flexibility index (Phi) is 6.38. The third-order valence-electron chi connectivity index (χ3n) is 6.87. The lowest BCUT2D eigenvalue weighted by Crippen LogP contribution is -2.55. The van der Waals surface area contributed by atoms with Crippen molar-refractivity contribution in [1.82, 2.24) is 9.88 Å². The number of rotatable bonds is 4. The zero-order chi connectivity index (χ0) is 23.7. The van der Waals surface area contributed by atoms with E-state index in [1.165, 1.54) is 0 Å². The molecule has 1 atom stereocenters. The molecule has 0 radical (unpaired) electrons. The molecule has 3 aliphatic heterocycles. The first-order valence-corrected chi connectivity index (χ1v) is 11.9. The Morgan fingerprint density at radius 1 is 1.06 bits per heavy atom. The summed E-state index contributed by atoms with van der Waals surface area (Å²) in [5, 5.41) is 3.36. The van der Waals surface area contributed by atoms with Gasteiger partial charge >= 0.3 is 0 Å². The SMILES string of the molecule is CC1C(=O)N(C)c2cnc(Nc3cccc(C(=O)N4CCOCC4)c3)cc2N1C1CCOCC1. The van der Waals surface area contributed by atoms with E-state index in [0.29, 0.717) is 50.9 Å². The number of hydrogen-bond acceptors (Lipinski definition) is 7. The van der Waals surface area contributed by atoms with E-state index in [0.717, 1.165) is 29.9 Å². The normalized spacial score (nSPS) is 21.4. The van der Waals surface area contributed by atoms with Crippen LogP contribution in [-0.4, -0.2) is 80.3 Å². The molecular weight excluding hydrogens is 434 g/mol. The number of morpholine rings is 1. The number of pyridine rings is 1. The van der Waals surface area contributed by atoms with Crippen molar-refractivity contribution in [2.24, 2.45) is 0 Å². The maximum atomic E-state index is 12.9. The lowest BCUT2D eigenvalue weighted by atomic mass is 10.00. The van der Waals surface area contributed by atoms with E-state index in [-0.39, 0.29) is 23.9 Å². The van der Waals surface area contributed by atoms with Crippen LogP contribution in [0.4, 0.5) is 22.9 Å². The lowest BCUT2D eigenvalue weighted by Gasteiger charge is -2.45. The van der Waals surface area contributed by atoms with Gasteiger partial charge in [0.25, 0.3) is 5.91 Å². The molecule has 2 aromatic rings. The summed E-state index contributed by atoms with van der Waals surface area (Å²) in [4.78, 5) is 36.1. The molecule has 1 unspecified atom stereocenters. The number of carbonyl (C=O) groups excluding carboxylic acids is 2. The average molecular weight is 466 g/mol. The maximum absolute atomic E-state index is 12.9. The smallest absolute Gasteiger partial charge is 0.254 e. The fraction of sp³-hybridized carbons (Fsp3) is 0.480. The van der Waals surface area contributed by atoms with Crippen LogP contribution in [0.25, 0.3) is 0 Å². The molecule has 180 valence electrons. The van der Waals surface area contributed by atoms with Crippen molar-refractivity contribution in [1.29, 1.82) is 0 Å². The molecule has 1 aromatic carbocycles. The Labute approximate surface area is 199 Å². The molecule has 9 nitrogen and oxygen atoms in total. The molecule has 2 fully saturated rings. The zero-order valence-electron chi connectivity index (χ0n) is 19.7. The van der Waals surface area contributed by atoms with Gasteiger partial charge in [-0.05, 0) is 38.0 Å². The molecule has 3 aliphatic rings. The fourth-order valence-electron chi connectivity index (χ4n) is 5.00. The van der Waals surface area contributed by atoms with Crippen LogP contribution in [0.15, 0.2) is 36.5 Å². The fourth-order valence-corrected chi connectivity index (χ4v) is 5.00. The number of benzene rings is 1. The topological polar surface area (TPSA) is 87.2 Å². The Morgan fingerprint density at radius 3 is 2.56 bits per heavy atom. The summed E-state index contributed by atoms with van der Waals surface area (Å²) in [7, 11) is 1.80. The van der Waals surface area contributed by atoms with Crippen molar-refractivity contribution < 1.29 is 19.1 Å². The molecule has 2 amide bonds. The minimum atomic E-state index is -0.259. The van der Waals surface area contributed by atoms with Crippen molar-refractivity contribution >= 4 is 34.7 Å². The number of fused-ring (bicyclic) bond motifs is 1. The quantitative estimate of drug-likeness (QED) is 0.743. The van der Waals surface area contributed by atoms with E-state index in [2.05, 4.69) is 15.2 Å². The summed E-state index contributed by atoms with van der Waals surface area (Å²) in [5.41, 5.74) is 3.21. The van der Waals surface area contributed by atoms with Gasteiger partial charge in [0.2, 0.25) is 5.91 Å². The summed E-state index contributed by atoms with van der Waals surface area (Å²) < 4.78 is 10.9. The minimum absolute atomic E-state index is 0.00463. The van der Waals surface area contributed by atoms with Crippen molar-refractivity contribution in [3.8, 4) is 0 Å². The second kappa shape index (κ2) is 9.60. The first kappa shape index (κ1) is 22.6. The average Bonchev–Trinajstić information content (AvgIpc) is 2.88. The molecule has 34 heavy (non-hydrogen) atoms. The second-order valence-corrected chi connectivity index (χ2v) is 8.99. The van der Waals surface area contributed by atoms with Crippen LogP contribution in [0.3, 0.4) is 0 Å². The van der Waals surface area contributed by atoms with Gasteiger partial charge in [-0.25, -0.2) is 4.98 Å². The van der Waals surface area contributed by atoms with Gasteiger partial charge in [-0.3, -0.25) is 9.59 Å². The molecule has 2 saturated heterocycles. The van der Waals surface area contributed by atoms with E-state index in [1.807, 2.05) is 42.2 Å². The van der Waals surface area contributed by atoms with E-state index >= 15 is 0 Å². The van der Waals surface area contributed by atoms with Crippen LogP contribution in [0.5, 0.6) is 0 Å². The first-order valence-electron chi connectivity index (χ1n) is 11.9. The molecule has 1 aromatic heterocycles. The second-order valence-electron chi connectivity index (χ2n) is 8.99. The molecule has 0 saturated carbocycles. The highest BCUT2D eigenvalue weighted by atomic mass is 16.5. The Hall–Kier alpha value is -3.17. The summed E-state index contributed by atoms with van der Waals surface area (Å²) in [5.74, 6) is 0.738. The Morgan fingerprint density at radius 2 is 1.79 bits per heavy atom. The molecule has 4 heterocycles. The van der Waals surface area contributed by atoms with Gasteiger partial charge in [0.1, 0.15) is 11.9 Å². The maximum Gasteiger partial charge on any atom is 0.254 e. The number of likely N-dealkylation sites (N-methyl/N-ethyl adjacent to an activating group) is 1. The molecule has 0 bridgehead atoms. The number of aromatic nitrogens is 1. The molecular formula is C25H31N5O4. The Balaban J connectivity index is 1.41. The van der Waals surface area contributed by atoms with Gasteiger partial charge in [0.05, 0.1) is 30.8 Å². The predicted molar refractivity (Wildman–Crippen MR) is 130 cm³/mol. The van der Waals surface area contributed by atoms with Crippen LogP contribution in [-0.2, 0) is 14.3 Å². The van der Waals surface area contributed by atoms with Crippen molar-refractivity contribution in [3.63, 3.8) is 0 Å². The van der Waals surface area contributed by atoms with Crippen LogP contribution in [0.1, 0.15) is 30.1 Å². The number of amides is 2. The highest BCUT2D eigenvalue weighted by Gasteiger charge is 2.38. The number of ether oxygens (including phenoxy) is 2. The molecule has 0 aliphatic carbocycles. The predicted octanol–water partition coefficient (Wildman–Crippen LogP) is 2.65. The molecule has 0 spiro atoms.